The molecule has 0 aliphatic rings. The smallest absolute Gasteiger partial charge is 0.335 e. The van der Waals surface area contributed by atoms with Gasteiger partial charge in [-0.3, -0.25) is 14.9 Å². The molecule has 1 aromatic heterocycles. The van der Waals surface area contributed by atoms with E-state index in [0.717, 1.165) is 4.68 Å². The van der Waals surface area contributed by atoms with E-state index < -0.39 is 10.9 Å². The van der Waals surface area contributed by atoms with Crippen molar-refractivity contribution < 1.29 is 24.3 Å². The van der Waals surface area contributed by atoms with Crippen LogP contribution < -0.4 is 15.0 Å². The predicted octanol–water partition coefficient (Wildman–Crippen LogP) is 4.80. The third-order valence-corrected chi connectivity index (χ3v) is 6.04. The number of aryl methyl sites for hydroxylation is 1. The first-order chi connectivity index (χ1) is 18.2. The minimum atomic E-state index is -1.10. The second-order valence-corrected chi connectivity index (χ2v) is 8.94. The van der Waals surface area contributed by atoms with Gasteiger partial charge in [-0.2, -0.15) is 9.78 Å². The summed E-state index contributed by atoms with van der Waals surface area (Å²) < 4.78 is 12.9. The Morgan fingerprint density at radius 2 is 2.03 bits per heavy atom. The first-order valence-electron chi connectivity index (χ1n) is 11.3. The molecule has 38 heavy (non-hydrogen) atoms. The van der Waals surface area contributed by atoms with Gasteiger partial charge in [-0.15, -0.1) is 0 Å². The molecule has 194 valence electrons. The van der Waals surface area contributed by atoms with Crippen molar-refractivity contribution in [2.24, 2.45) is 5.10 Å². The number of fused-ring (bicyclic) bond motifs is 1. The number of nitro groups is 1. The van der Waals surface area contributed by atoms with Crippen LogP contribution in [0.25, 0.3) is 10.9 Å². The molecular formula is C26H21BrN4O7. The minimum Gasteiger partial charge on any atom is -0.493 e. The van der Waals surface area contributed by atoms with E-state index >= 15 is 0 Å². The summed E-state index contributed by atoms with van der Waals surface area (Å²) in [6.45, 7) is 1.71. The second-order valence-electron chi connectivity index (χ2n) is 8.03. The number of carbonyl (C=O) groups is 1. The number of aromatic nitrogens is 2. The lowest BCUT2D eigenvalue weighted by Crippen LogP contribution is -2.22. The Hall–Kier alpha value is -4.58. The molecule has 4 aromatic rings. The number of ether oxygens (including phenoxy) is 2. The van der Waals surface area contributed by atoms with Crippen LogP contribution in [0, 0.1) is 10.1 Å². The predicted molar refractivity (Wildman–Crippen MR) is 143 cm³/mol. The van der Waals surface area contributed by atoms with E-state index in [-0.39, 0.29) is 40.5 Å². The van der Waals surface area contributed by atoms with Gasteiger partial charge in [0.25, 0.3) is 5.56 Å². The second kappa shape index (κ2) is 11.2. The molecule has 1 heterocycles. The Balaban J connectivity index is 1.71. The van der Waals surface area contributed by atoms with E-state index in [2.05, 4.69) is 26.0 Å². The van der Waals surface area contributed by atoms with Gasteiger partial charge in [-0.1, -0.05) is 35.0 Å². The minimum absolute atomic E-state index is 0.0661. The van der Waals surface area contributed by atoms with E-state index in [0.29, 0.717) is 33.2 Å². The van der Waals surface area contributed by atoms with Crippen LogP contribution in [0.3, 0.4) is 0 Å². The molecule has 0 amide bonds. The maximum atomic E-state index is 13.1. The largest absolute Gasteiger partial charge is 0.493 e. The number of aromatic carboxylic acids is 1. The van der Waals surface area contributed by atoms with Crippen molar-refractivity contribution in [2.45, 2.75) is 20.0 Å². The van der Waals surface area contributed by atoms with Gasteiger partial charge in [0, 0.05) is 22.5 Å². The zero-order valence-electron chi connectivity index (χ0n) is 20.3. The number of carboxylic acid groups (broad SMARTS) is 1. The fraction of sp³-hybridized carbons (Fsp3) is 0.154. The molecule has 0 unspecified atom stereocenters. The van der Waals surface area contributed by atoms with Crippen LogP contribution in [-0.2, 0) is 13.0 Å². The number of rotatable bonds is 9. The van der Waals surface area contributed by atoms with Gasteiger partial charge in [-0.05, 0) is 42.0 Å². The lowest BCUT2D eigenvalue weighted by atomic mass is 10.1. The van der Waals surface area contributed by atoms with E-state index in [9.17, 15) is 24.8 Å². The molecule has 0 fully saturated rings. The van der Waals surface area contributed by atoms with Gasteiger partial charge in [0.05, 0.1) is 34.7 Å². The zero-order valence-corrected chi connectivity index (χ0v) is 21.8. The van der Waals surface area contributed by atoms with Crippen molar-refractivity contribution in [3.05, 3.63) is 102 Å². The van der Waals surface area contributed by atoms with E-state index in [1.165, 1.54) is 37.6 Å². The van der Waals surface area contributed by atoms with Crippen LogP contribution in [0.1, 0.15) is 34.2 Å². The van der Waals surface area contributed by atoms with Crippen LogP contribution in [0.4, 0.5) is 5.69 Å². The van der Waals surface area contributed by atoms with Crippen LogP contribution >= 0.6 is 15.9 Å². The fourth-order valence-electron chi connectivity index (χ4n) is 3.73. The van der Waals surface area contributed by atoms with Gasteiger partial charge in [0.2, 0.25) is 5.75 Å². The molecule has 3 aromatic carbocycles. The Bertz CT molecular complexity index is 1650. The van der Waals surface area contributed by atoms with Gasteiger partial charge in [0.1, 0.15) is 12.4 Å². The molecule has 0 bridgehead atoms. The standard InChI is InChI=1S/C26H21BrN4O7/c1-3-23-29-20-8-7-18(27)12-19(20)25(32)30(23)28-13-16-10-21(31(35)36)24(22(11-16)37-2)38-14-15-5-4-6-17(9-15)26(33)34/h4-13H,3,14H2,1-2H3,(H,33,34). The number of hydrogen-bond donors (Lipinski definition) is 1. The van der Waals surface area contributed by atoms with Crippen molar-refractivity contribution >= 4 is 44.7 Å². The highest BCUT2D eigenvalue weighted by atomic mass is 79.9. The van der Waals surface area contributed by atoms with Crippen LogP contribution in [0.5, 0.6) is 11.5 Å². The van der Waals surface area contributed by atoms with Crippen molar-refractivity contribution in [1.82, 2.24) is 9.66 Å². The molecule has 0 atom stereocenters. The highest BCUT2D eigenvalue weighted by Crippen LogP contribution is 2.38. The summed E-state index contributed by atoms with van der Waals surface area (Å²) in [6, 6.07) is 14.0. The maximum Gasteiger partial charge on any atom is 0.335 e. The number of hydrogen-bond acceptors (Lipinski definition) is 8. The average molecular weight is 581 g/mol. The first-order valence-corrected chi connectivity index (χ1v) is 12.1. The summed E-state index contributed by atoms with van der Waals surface area (Å²) in [4.78, 5) is 40.1. The molecule has 0 aliphatic carbocycles. The summed E-state index contributed by atoms with van der Waals surface area (Å²) in [5.41, 5.74) is 0.634. The normalized spacial score (nSPS) is 11.1. The summed E-state index contributed by atoms with van der Waals surface area (Å²) >= 11 is 3.35. The number of methoxy groups -OCH3 is 1. The summed E-state index contributed by atoms with van der Waals surface area (Å²) in [7, 11) is 1.34. The topological polar surface area (TPSA) is 146 Å². The highest BCUT2D eigenvalue weighted by molar-refractivity contribution is 9.10. The van der Waals surface area contributed by atoms with Crippen molar-refractivity contribution in [3.63, 3.8) is 0 Å². The van der Waals surface area contributed by atoms with Crippen LogP contribution in [0.2, 0.25) is 0 Å². The van der Waals surface area contributed by atoms with Gasteiger partial charge < -0.3 is 14.6 Å². The monoisotopic (exact) mass is 580 g/mol. The third kappa shape index (κ3) is 5.54. The molecule has 12 heteroatoms. The maximum absolute atomic E-state index is 13.1. The molecular weight excluding hydrogens is 560 g/mol. The molecule has 1 N–H and O–H groups in total. The van der Waals surface area contributed by atoms with Gasteiger partial charge in [0.15, 0.2) is 5.75 Å². The zero-order chi connectivity index (χ0) is 27.4. The quantitative estimate of drug-likeness (QED) is 0.169. The van der Waals surface area contributed by atoms with Gasteiger partial charge >= 0.3 is 11.7 Å². The average Bonchev–Trinajstić information content (AvgIpc) is 2.91. The van der Waals surface area contributed by atoms with Crippen LogP contribution in [0.15, 0.2) is 69.0 Å². The van der Waals surface area contributed by atoms with Gasteiger partial charge in [-0.25, -0.2) is 9.78 Å². The molecule has 11 nitrogen and oxygen atoms in total. The summed E-state index contributed by atoms with van der Waals surface area (Å²) in [5.74, 6) is -0.734. The van der Waals surface area contributed by atoms with Crippen molar-refractivity contribution in [3.8, 4) is 11.5 Å². The SMILES string of the molecule is CCc1nc2ccc(Br)cc2c(=O)n1N=Cc1cc(OC)c(OCc2cccc(C(=O)O)c2)c([N+](=O)[O-])c1. The Labute approximate surface area is 224 Å². The number of halogens is 1. The molecule has 0 radical (unpaired) electrons. The fourth-order valence-corrected chi connectivity index (χ4v) is 4.09. The van der Waals surface area contributed by atoms with Crippen LogP contribution in [-0.4, -0.2) is 39.0 Å². The Morgan fingerprint density at radius 3 is 2.71 bits per heavy atom. The first kappa shape index (κ1) is 26.5. The molecule has 0 saturated carbocycles. The van der Waals surface area contributed by atoms with Crippen molar-refractivity contribution in [2.75, 3.05) is 7.11 Å². The number of benzene rings is 3. The van der Waals surface area contributed by atoms with E-state index in [1.807, 2.05) is 6.92 Å². The molecule has 0 spiro atoms. The lowest BCUT2D eigenvalue weighted by Gasteiger charge is -2.12. The number of carboxylic acids is 1. The number of nitrogens with zero attached hydrogens (tertiary/aromatic N) is 4. The summed E-state index contributed by atoms with van der Waals surface area (Å²) in [5, 5.41) is 25.7. The van der Waals surface area contributed by atoms with E-state index in [4.69, 9.17) is 9.47 Å². The van der Waals surface area contributed by atoms with Crippen molar-refractivity contribution in [1.29, 1.82) is 0 Å². The van der Waals surface area contributed by atoms with E-state index in [1.54, 1.807) is 30.3 Å². The third-order valence-electron chi connectivity index (χ3n) is 5.55. The molecule has 0 aliphatic heterocycles. The molecule has 0 saturated heterocycles. The lowest BCUT2D eigenvalue weighted by molar-refractivity contribution is -0.386. The summed E-state index contributed by atoms with van der Waals surface area (Å²) in [6.07, 6.45) is 1.74. The Morgan fingerprint density at radius 1 is 1.24 bits per heavy atom. The Kier molecular flexibility index (Phi) is 7.82. The highest BCUT2D eigenvalue weighted by Gasteiger charge is 2.22. The number of nitro benzene ring substituents is 1. The molecule has 4 rings (SSSR count).